The van der Waals surface area contributed by atoms with Crippen molar-refractivity contribution < 1.29 is 22.9 Å². The Morgan fingerprint density at radius 1 is 0.500 bits per heavy atom. The molecule has 1 amide bonds. The average molecular weight is 752 g/mol. The van der Waals surface area contributed by atoms with Gasteiger partial charge in [0, 0.05) is 6.42 Å². The lowest BCUT2D eigenvalue weighted by Gasteiger charge is -2.21. The first-order valence-corrected chi connectivity index (χ1v) is 23.8. The molecule has 0 rings (SSSR count). The Morgan fingerprint density at radius 3 is 1.21 bits per heavy atom. The van der Waals surface area contributed by atoms with Crippen molar-refractivity contribution in [2.45, 2.75) is 238 Å². The van der Waals surface area contributed by atoms with E-state index in [4.69, 9.17) is 0 Å². The number of allylic oxidation sites excluding steroid dienone is 5. The second kappa shape index (κ2) is 39.3. The standard InChI is InChI=1S/C45H85NO5S/c1-3-5-7-9-11-13-15-17-19-21-23-24-26-28-30-32-34-36-38-40-44(47)43(42-52(49,50)51)46-45(48)41-39-37-35-33-31-29-27-25-22-20-18-16-14-12-10-8-6-4-2/h23-24,30,32,38,40,43-44,47H,3-22,25-29,31,33-37,39,41-42H2,1-2H3,(H,46,48)(H,49,50,51)/b24-23+,32-30+,40-38+. The quantitative estimate of drug-likeness (QED) is 0.0328. The number of aliphatic hydroxyl groups is 1. The molecule has 3 N–H and O–H groups in total. The minimum Gasteiger partial charge on any atom is -0.387 e. The van der Waals surface area contributed by atoms with Crippen LogP contribution in [0, 0.1) is 0 Å². The van der Waals surface area contributed by atoms with Crippen LogP contribution in [0.5, 0.6) is 0 Å². The smallest absolute Gasteiger partial charge is 0.267 e. The first-order chi connectivity index (χ1) is 25.3. The molecular weight excluding hydrogens is 667 g/mol. The molecule has 0 bridgehead atoms. The van der Waals surface area contributed by atoms with E-state index in [9.17, 15) is 22.9 Å². The molecule has 0 heterocycles. The number of rotatable bonds is 40. The van der Waals surface area contributed by atoms with Crippen LogP contribution in [-0.4, -0.2) is 41.9 Å². The maximum absolute atomic E-state index is 12.5. The second-order valence-corrected chi connectivity index (χ2v) is 16.8. The van der Waals surface area contributed by atoms with E-state index >= 15 is 0 Å². The highest BCUT2D eigenvalue weighted by Crippen LogP contribution is 2.15. The molecule has 52 heavy (non-hydrogen) atoms. The fourth-order valence-corrected chi connectivity index (χ4v) is 7.45. The maximum Gasteiger partial charge on any atom is 0.267 e. The highest BCUT2D eigenvalue weighted by Gasteiger charge is 2.24. The summed E-state index contributed by atoms with van der Waals surface area (Å²) in [5, 5.41) is 13.2. The third kappa shape index (κ3) is 39.8. The zero-order chi connectivity index (χ0) is 38.2. The van der Waals surface area contributed by atoms with Crippen molar-refractivity contribution in [1.82, 2.24) is 5.32 Å². The van der Waals surface area contributed by atoms with Crippen LogP contribution >= 0.6 is 0 Å². The summed E-state index contributed by atoms with van der Waals surface area (Å²) < 4.78 is 32.5. The number of hydrogen-bond acceptors (Lipinski definition) is 4. The minimum atomic E-state index is -4.36. The van der Waals surface area contributed by atoms with E-state index in [0.29, 0.717) is 6.42 Å². The monoisotopic (exact) mass is 752 g/mol. The third-order valence-electron chi connectivity index (χ3n) is 10.0. The van der Waals surface area contributed by atoms with E-state index < -0.39 is 28.0 Å². The van der Waals surface area contributed by atoms with Gasteiger partial charge < -0.3 is 10.4 Å². The molecule has 0 aliphatic rings. The molecule has 0 aromatic heterocycles. The Balaban J connectivity index is 3.93. The van der Waals surface area contributed by atoms with Gasteiger partial charge in [-0.05, 0) is 44.9 Å². The van der Waals surface area contributed by atoms with Gasteiger partial charge >= 0.3 is 0 Å². The van der Waals surface area contributed by atoms with E-state index in [-0.39, 0.29) is 12.3 Å². The molecule has 306 valence electrons. The highest BCUT2D eigenvalue weighted by atomic mass is 32.2. The molecule has 6 nitrogen and oxygen atoms in total. The summed E-state index contributed by atoms with van der Waals surface area (Å²) in [6.45, 7) is 4.54. The number of carbonyl (C=O) groups excluding carboxylic acids is 1. The van der Waals surface area contributed by atoms with E-state index in [1.165, 1.54) is 167 Å². The van der Waals surface area contributed by atoms with Crippen molar-refractivity contribution in [3.8, 4) is 0 Å². The van der Waals surface area contributed by atoms with E-state index in [1.54, 1.807) is 6.08 Å². The van der Waals surface area contributed by atoms with Gasteiger partial charge in [-0.3, -0.25) is 9.35 Å². The SMILES string of the molecule is CCCCCCCCCCC/C=C/CC/C=C/CC/C=C/C(O)C(CS(=O)(=O)O)NC(=O)CCCCCCCCCCCCCCCCCCCC. The molecule has 2 unspecified atom stereocenters. The topological polar surface area (TPSA) is 104 Å². The first kappa shape index (κ1) is 50.6. The van der Waals surface area contributed by atoms with Crippen LogP contribution < -0.4 is 5.32 Å². The zero-order valence-electron chi connectivity index (χ0n) is 34.2. The molecule has 0 aliphatic heterocycles. The lowest BCUT2D eigenvalue weighted by molar-refractivity contribution is -0.122. The lowest BCUT2D eigenvalue weighted by Crippen LogP contribution is -2.46. The number of aliphatic hydroxyl groups excluding tert-OH is 1. The summed E-state index contributed by atoms with van der Waals surface area (Å²) in [4.78, 5) is 12.5. The molecule has 0 fully saturated rings. The average Bonchev–Trinajstić information content (AvgIpc) is 3.11. The summed E-state index contributed by atoms with van der Waals surface area (Å²) >= 11 is 0. The van der Waals surface area contributed by atoms with E-state index in [0.717, 1.165) is 38.5 Å². The Labute approximate surface area is 323 Å². The van der Waals surface area contributed by atoms with Gasteiger partial charge in [0.25, 0.3) is 10.1 Å². The van der Waals surface area contributed by atoms with Crippen LogP contribution in [0.25, 0.3) is 0 Å². The molecule has 0 aliphatic carbocycles. The predicted octanol–water partition coefficient (Wildman–Crippen LogP) is 13.3. The van der Waals surface area contributed by atoms with Gasteiger partial charge in [-0.25, -0.2) is 0 Å². The largest absolute Gasteiger partial charge is 0.387 e. The summed E-state index contributed by atoms with van der Waals surface area (Å²) in [6.07, 6.45) is 51.4. The van der Waals surface area contributed by atoms with Crippen molar-refractivity contribution >= 4 is 16.0 Å². The number of nitrogens with one attached hydrogen (secondary N) is 1. The number of carbonyl (C=O) groups is 1. The molecule has 7 heteroatoms. The van der Waals surface area contributed by atoms with Crippen LogP contribution in [0.4, 0.5) is 0 Å². The third-order valence-corrected chi connectivity index (χ3v) is 10.8. The Hall–Kier alpha value is -1.44. The number of amides is 1. The van der Waals surface area contributed by atoms with Crippen LogP contribution in [0.2, 0.25) is 0 Å². The van der Waals surface area contributed by atoms with E-state index in [1.807, 2.05) is 0 Å². The Morgan fingerprint density at radius 2 is 0.827 bits per heavy atom. The number of hydrogen-bond donors (Lipinski definition) is 3. The fraction of sp³-hybridized carbons (Fsp3) is 0.844. The summed E-state index contributed by atoms with van der Waals surface area (Å²) in [6, 6.07) is -1.08. The predicted molar refractivity (Wildman–Crippen MR) is 225 cm³/mol. The molecule has 0 radical (unpaired) electrons. The van der Waals surface area contributed by atoms with Crippen LogP contribution in [0.3, 0.4) is 0 Å². The van der Waals surface area contributed by atoms with Gasteiger partial charge in [0.2, 0.25) is 5.91 Å². The molecule has 0 saturated carbocycles. The maximum atomic E-state index is 12.5. The van der Waals surface area contributed by atoms with Gasteiger partial charge in [-0.15, -0.1) is 0 Å². The Kier molecular flexibility index (Phi) is 38.2. The molecule has 2 atom stereocenters. The summed E-state index contributed by atoms with van der Waals surface area (Å²) in [7, 11) is -4.36. The van der Waals surface area contributed by atoms with Crippen molar-refractivity contribution in [2.75, 3.05) is 5.75 Å². The first-order valence-electron chi connectivity index (χ1n) is 22.2. The lowest BCUT2D eigenvalue weighted by atomic mass is 10.0. The van der Waals surface area contributed by atoms with Crippen molar-refractivity contribution in [3.05, 3.63) is 36.5 Å². The van der Waals surface area contributed by atoms with Gasteiger partial charge in [-0.2, -0.15) is 8.42 Å². The molecule has 0 aromatic carbocycles. The second-order valence-electron chi connectivity index (χ2n) is 15.3. The van der Waals surface area contributed by atoms with Gasteiger partial charge in [-0.1, -0.05) is 211 Å². The summed E-state index contributed by atoms with van der Waals surface area (Å²) in [5.74, 6) is -1.00. The molecule has 0 spiro atoms. The molecular formula is C45H85NO5S. The van der Waals surface area contributed by atoms with Crippen molar-refractivity contribution in [2.24, 2.45) is 0 Å². The Bertz CT molecular complexity index is 961. The minimum absolute atomic E-state index is 0.288. The van der Waals surface area contributed by atoms with Gasteiger partial charge in [0.05, 0.1) is 17.9 Å². The van der Waals surface area contributed by atoms with Crippen molar-refractivity contribution in [1.29, 1.82) is 0 Å². The molecule has 0 aromatic rings. The van der Waals surface area contributed by atoms with Crippen LogP contribution in [0.1, 0.15) is 226 Å². The highest BCUT2D eigenvalue weighted by molar-refractivity contribution is 7.85. The fourth-order valence-electron chi connectivity index (χ4n) is 6.72. The van der Waals surface area contributed by atoms with Crippen LogP contribution in [0.15, 0.2) is 36.5 Å². The summed E-state index contributed by atoms with van der Waals surface area (Å²) in [5.41, 5.74) is 0. The number of unbranched alkanes of at least 4 members (excludes halogenated alkanes) is 28. The van der Waals surface area contributed by atoms with E-state index in [2.05, 4.69) is 43.5 Å². The van der Waals surface area contributed by atoms with Crippen LogP contribution in [-0.2, 0) is 14.9 Å². The zero-order valence-corrected chi connectivity index (χ0v) is 35.0. The normalized spacial score (nSPS) is 13.5. The van der Waals surface area contributed by atoms with Gasteiger partial charge in [0.1, 0.15) is 0 Å². The van der Waals surface area contributed by atoms with Crippen molar-refractivity contribution in [3.63, 3.8) is 0 Å². The van der Waals surface area contributed by atoms with Gasteiger partial charge in [0.15, 0.2) is 0 Å². The molecule has 0 saturated heterocycles.